The zero-order valence-corrected chi connectivity index (χ0v) is 9.33. The van der Waals surface area contributed by atoms with Gasteiger partial charge in [-0.1, -0.05) is 18.2 Å². The molecule has 3 unspecified atom stereocenters. The standard InChI is InChI=1S/C10H16F3NS/c11-10(12,13)15-4-3-9(14)6-7-1-2-8(9)5-7/h7-8H,1-6,14H2. The Balaban J connectivity index is 1.80. The molecule has 0 radical (unpaired) electrons. The van der Waals surface area contributed by atoms with Crippen LogP contribution in [0, 0.1) is 11.8 Å². The minimum Gasteiger partial charge on any atom is -0.325 e. The summed E-state index contributed by atoms with van der Waals surface area (Å²) in [6.45, 7) is 0. The van der Waals surface area contributed by atoms with Gasteiger partial charge < -0.3 is 5.73 Å². The van der Waals surface area contributed by atoms with Crippen molar-refractivity contribution in [1.29, 1.82) is 0 Å². The monoisotopic (exact) mass is 239 g/mol. The molecule has 2 N–H and O–H groups in total. The van der Waals surface area contributed by atoms with Gasteiger partial charge in [0.15, 0.2) is 0 Å². The van der Waals surface area contributed by atoms with Gasteiger partial charge in [-0.05, 0) is 37.5 Å². The van der Waals surface area contributed by atoms with E-state index in [0.29, 0.717) is 18.3 Å². The van der Waals surface area contributed by atoms with Crippen molar-refractivity contribution in [2.75, 3.05) is 5.75 Å². The van der Waals surface area contributed by atoms with Crippen molar-refractivity contribution in [3.05, 3.63) is 0 Å². The quantitative estimate of drug-likeness (QED) is 0.818. The third kappa shape index (κ3) is 2.61. The third-order valence-corrected chi connectivity index (χ3v) is 4.59. The van der Waals surface area contributed by atoms with E-state index in [2.05, 4.69) is 0 Å². The summed E-state index contributed by atoms with van der Waals surface area (Å²) in [5, 5.41) is 0. The molecule has 0 aliphatic heterocycles. The fraction of sp³-hybridized carbons (Fsp3) is 1.00. The Hall–Kier alpha value is 0.100. The minimum absolute atomic E-state index is 0.0663. The van der Waals surface area contributed by atoms with Gasteiger partial charge in [0, 0.05) is 11.3 Å². The highest BCUT2D eigenvalue weighted by molar-refractivity contribution is 8.00. The Morgan fingerprint density at radius 3 is 2.53 bits per heavy atom. The molecule has 0 aromatic heterocycles. The average Bonchev–Trinajstić information content (AvgIpc) is 2.60. The highest BCUT2D eigenvalue weighted by Gasteiger charge is 2.48. The van der Waals surface area contributed by atoms with Crippen LogP contribution < -0.4 is 5.73 Å². The molecule has 0 amide bonds. The molecule has 3 atom stereocenters. The summed E-state index contributed by atoms with van der Waals surface area (Å²) in [4.78, 5) is 0. The first-order chi connectivity index (χ1) is 6.89. The van der Waals surface area contributed by atoms with Crippen LogP contribution in [-0.2, 0) is 0 Å². The summed E-state index contributed by atoms with van der Waals surface area (Å²) >= 11 is 0.0663. The summed E-state index contributed by atoms with van der Waals surface area (Å²) in [5.41, 5.74) is 1.80. The van der Waals surface area contributed by atoms with Crippen LogP contribution in [0.15, 0.2) is 0 Å². The number of nitrogens with two attached hydrogens (primary N) is 1. The minimum atomic E-state index is -4.10. The molecular weight excluding hydrogens is 223 g/mol. The zero-order valence-electron chi connectivity index (χ0n) is 8.52. The van der Waals surface area contributed by atoms with Gasteiger partial charge in [-0.15, -0.1) is 0 Å². The molecule has 0 aromatic rings. The van der Waals surface area contributed by atoms with E-state index in [1.54, 1.807) is 0 Å². The molecule has 0 saturated heterocycles. The molecular formula is C10H16F3NS. The van der Waals surface area contributed by atoms with Crippen molar-refractivity contribution >= 4 is 11.8 Å². The Labute approximate surface area is 92.0 Å². The first-order valence-corrected chi connectivity index (χ1v) is 6.37. The van der Waals surface area contributed by atoms with E-state index in [9.17, 15) is 13.2 Å². The summed E-state index contributed by atoms with van der Waals surface area (Å²) < 4.78 is 35.9. The first kappa shape index (κ1) is 11.6. The molecule has 2 bridgehead atoms. The van der Waals surface area contributed by atoms with Gasteiger partial charge in [-0.25, -0.2) is 0 Å². The predicted octanol–water partition coefficient (Wildman–Crippen LogP) is 3.15. The number of hydrogen-bond donors (Lipinski definition) is 1. The number of halogens is 3. The van der Waals surface area contributed by atoms with Crippen molar-refractivity contribution in [2.24, 2.45) is 17.6 Å². The molecule has 2 aliphatic rings. The van der Waals surface area contributed by atoms with Gasteiger partial charge in [0.1, 0.15) is 0 Å². The maximum atomic E-state index is 12.0. The van der Waals surface area contributed by atoms with Gasteiger partial charge in [0.05, 0.1) is 0 Å². The number of hydrogen-bond acceptors (Lipinski definition) is 2. The topological polar surface area (TPSA) is 26.0 Å². The van der Waals surface area contributed by atoms with Crippen molar-refractivity contribution in [2.45, 2.75) is 43.2 Å². The summed E-state index contributed by atoms with van der Waals surface area (Å²) in [6, 6.07) is 0. The molecule has 0 heterocycles. The second-order valence-corrected chi connectivity index (χ2v) is 6.02. The van der Waals surface area contributed by atoms with E-state index in [1.165, 1.54) is 6.42 Å². The zero-order chi connectivity index (χ0) is 11.1. The second kappa shape index (κ2) is 3.84. The van der Waals surface area contributed by atoms with Crippen LogP contribution in [0.5, 0.6) is 0 Å². The largest absolute Gasteiger partial charge is 0.441 e. The molecule has 15 heavy (non-hydrogen) atoms. The van der Waals surface area contributed by atoms with Gasteiger partial charge in [0.25, 0.3) is 0 Å². The molecule has 2 fully saturated rings. The van der Waals surface area contributed by atoms with Crippen LogP contribution in [0.3, 0.4) is 0 Å². The number of rotatable bonds is 3. The van der Waals surface area contributed by atoms with Crippen molar-refractivity contribution in [3.63, 3.8) is 0 Å². The Bertz CT molecular complexity index is 243. The maximum absolute atomic E-state index is 12.0. The van der Waals surface area contributed by atoms with Crippen molar-refractivity contribution < 1.29 is 13.2 Å². The Kier molecular flexibility index (Phi) is 2.97. The average molecular weight is 239 g/mol. The van der Waals surface area contributed by atoms with Crippen LogP contribution in [0.1, 0.15) is 32.1 Å². The lowest BCUT2D eigenvalue weighted by Gasteiger charge is -2.33. The lowest BCUT2D eigenvalue weighted by atomic mass is 9.80. The molecule has 2 saturated carbocycles. The third-order valence-electron chi connectivity index (χ3n) is 3.86. The van der Waals surface area contributed by atoms with Crippen LogP contribution in [0.4, 0.5) is 13.2 Å². The number of alkyl halides is 3. The highest BCUT2D eigenvalue weighted by Crippen LogP contribution is 2.51. The number of thioether (sulfide) groups is 1. The highest BCUT2D eigenvalue weighted by atomic mass is 32.2. The Morgan fingerprint density at radius 2 is 2.07 bits per heavy atom. The van der Waals surface area contributed by atoms with Crippen LogP contribution >= 0.6 is 11.8 Å². The van der Waals surface area contributed by atoms with Crippen molar-refractivity contribution in [1.82, 2.24) is 0 Å². The SMILES string of the molecule is NC1(CCSC(F)(F)F)CC2CCC1C2. The lowest BCUT2D eigenvalue weighted by Crippen LogP contribution is -2.45. The predicted molar refractivity (Wildman–Crippen MR) is 55.5 cm³/mol. The van der Waals surface area contributed by atoms with Crippen LogP contribution in [-0.4, -0.2) is 16.8 Å². The fourth-order valence-electron chi connectivity index (χ4n) is 3.15. The lowest BCUT2D eigenvalue weighted by molar-refractivity contribution is -0.0328. The maximum Gasteiger partial charge on any atom is 0.441 e. The van der Waals surface area contributed by atoms with Crippen LogP contribution in [0.2, 0.25) is 0 Å². The molecule has 1 nitrogen and oxygen atoms in total. The fourth-order valence-corrected chi connectivity index (χ4v) is 3.86. The van der Waals surface area contributed by atoms with Crippen molar-refractivity contribution in [3.8, 4) is 0 Å². The van der Waals surface area contributed by atoms with E-state index in [4.69, 9.17) is 5.73 Å². The molecule has 2 rings (SSSR count). The normalized spacial score (nSPS) is 40.0. The van der Waals surface area contributed by atoms with Gasteiger partial charge in [0.2, 0.25) is 0 Å². The molecule has 0 spiro atoms. The molecule has 0 aromatic carbocycles. The molecule has 2 aliphatic carbocycles. The van der Waals surface area contributed by atoms with E-state index < -0.39 is 5.51 Å². The molecule has 5 heteroatoms. The second-order valence-electron chi connectivity index (χ2n) is 4.86. The summed E-state index contributed by atoms with van der Waals surface area (Å²) in [6.07, 6.45) is 4.95. The van der Waals surface area contributed by atoms with Gasteiger partial charge in [-0.2, -0.15) is 13.2 Å². The van der Waals surface area contributed by atoms with E-state index >= 15 is 0 Å². The van der Waals surface area contributed by atoms with Gasteiger partial charge in [-0.3, -0.25) is 0 Å². The Morgan fingerprint density at radius 1 is 1.33 bits per heavy atom. The first-order valence-electron chi connectivity index (χ1n) is 5.39. The summed E-state index contributed by atoms with van der Waals surface area (Å²) in [5.74, 6) is 1.29. The van der Waals surface area contributed by atoms with E-state index in [0.717, 1.165) is 19.3 Å². The molecule has 88 valence electrons. The van der Waals surface area contributed by atoms with Gasteiger partial charge >= 0.3 is 5.51 Å². The van der Waals surface area contributed by atoms with Crippen LogP contribution in [0.25, 0.3) is 0 Å². The van der Waals surface area contributed by atoms with E-state index in [-0.39, 0.29) is 23.1 Å². The smallest absolute Gasteiger partial charge is 0.325 e. The van der Waals surface area contributed by atoms with E-state index in [1.807, 2.05) is 0 Å². The number of fused-ring (bicyclic) bond motifs is 2. The summed E-state index contributed by atoms with van der Waals surface area (Å²) in [7, 11) is 0.